The third kappa shape index (κ3) is 4.76. The van der Waals surface area contributed by atoms with Crippen molar-refractivity contribution in [2.45, 2.75) is 5.54 Å². The fourth-order valence-corrected chi connectivity index (χ4v) is 0.581. The average molecular weight is 197 g/mol. The molecule has 0 aliphatic rings. The maximum atomic E-state index is 10.1. The van der Waals surface area contributed by atoms with Crippen LogP contribution in [0.1, 0.15) is 0 Å². The zero-order chi connectivity index (χ0) is 9.61. The van der Waals surface area contributed by atoms with Gasteiger partial charge in [0.25, 0.3) is 0 Å². The summed E-state index contributed by atoms with van der Waals surface area (Å²) in [7, 11) is 0. The lowest BCUT2D eigenvalue weighted by Gasteiger charge is -2.27. The van der Waals surface area contributed by atoms with Gasteiger partial charge in [-0.15, -0.1) is 0 Å². The lowest BCUT2D eigenvalue weighted by molar-refractivity contribution is -0.136. The number of nitrogens with one attached hydrogen (secondary N) is 1. The molecular weight excluding hydrogens is 182 g/mol. The van der Waals surface area contributed by atoms with Crippen LogP contribution < -0.4 is 5.32 Å². The number of carboxylic acid groups (broad SMARTS) is 1. The molecule has 7 N–H and O–H groups in total. The van der Waals surface area contributed by atoms with Crippen LogP contribution in [-0.2, 0) is 4.79 Å². The molecule has 0 saturated heterocycles. The normalized spacial score (nSPS) is 10.7. The van der Waals surface area contributed by atoms with Gasteiger partial charge in [-0.05, 0) is 0 Å². The van der Waals surface area contributed by atoms with Crippen molar-refractivity contribution in [3.05, 3.63) is 0 Å². The van der Waals surface area contributed by atoms with Gasteiger partial charge in [-0.3, -0.25) is 10.1 Å². The minimum Gasteiger partial charge on any atom is -0.480 e. The maximum Gasteiger partial charge on any atom is 0.317 e. The van der Waals surface area contributed by atoms with Crippen LogP contribution in [0.25, 0.3) is 0 Å². The van der Waals surface area contributed by atoms with E-state index in [1.165, 1.54) is 0 Å². The lowest BCUT2D eigenvalue weighted by atomic mass is 10.0. The van der Waals surface area contributed by atoms with E-state index in [-0.39, 0.29) is 5.48 Å². The number of aliphatic hydroxyl groups is 3. The van der Waals surface area contributed by atoms with Gasteiger partial charge in [-0.2, -0.15) is 0 Å². The van der Waals surface area contributed by atoms with Crippen LogP contribution in [0.5, 0.6) is 0 Å². The third-order valence-corrected chi connectivity index (χ3v) is 1.52. The largest absolute Gasteiger partial charge is 0.480 e. The molecule has 0 rings (SSSR count). The van der Waals surface area contributed by atoms with E-state index < -0.39 is 37.9 Å². The summed E-state index contributed by atoms with van der Waals surface area (Å²) in [5.74, 6) is -1.12. The molecule has 0 aromatic heterocycles. The Morgan fingerprint density at radius 3 is 1.77 bits per heavy atom. The summed E-state index contributed by atoms with van der Waals surface area (Å²) < 4.78 is 0. The molecule has 0 amide bonds. The molecule has 0 spiro atoms. The predicted octanol–water partition coefficient (Wildman–Crippen LogP) is -3.45. The SMILES string of the molecule is O.O=C(O)CNC(CO)(CO)CO. The Labute approximate surface area is 74.9 Å². The Morgan fingerprint density at radius 2 is 1.54 bits per heavy atom. The summed E-state index contributed by atoms with van der Waals surface area (Å²) in [5.41, 5.74) is -1.31. The molecule has 80 valence electrons. The van der Waals surface area contributed by atoms with Gasteiger partial charge in [0.15, 0.2) is 0 Å². The van der Waals surface area contributed by atoms with E-state index >= 15 is 0 Å². The quantitative estimate of drug-likeness (QED) is 0.300. The lowest BCUT2D eigenvalue weighted by Crippen LogP contribution is -2.56. The minimum atomic E-state index is -1.31. The molecule has 0 aliphatic heterocycles. The van der Waals surface area contributed by atoms with E-state index in [1.54, 1.807) is 0 Å². The minimum absolute atomic E-state index is 0. The first-order valence-corrected chi connectivity index (χ1v) is 3.39. The van der Waals surface area contributed by atoms with Crippen molar-refractivity contribution < 1.29 is 30.7 Å². The number of hydrogen-bond acceptors (Lipinski definition) is 5. The van der Waals surface area contributed by atoms with E-state index in [9.17, 15) is 4.79 Å². The molecule has 0 aromatic rings. The van der Waals surface area contributed by atoms with E-state index in [0.717, 1.165) is 0 Å². The van der Waals surface area contributed by atoms with Crippen LogP contribution in [0.3, 0.4) is 0 Å². The number of aliphatic hydroxyl groups excluding tert-OH is 3. The standard InChI is InChI=1S/C6H13NO5.H2O/c8-2-6(3-9,4-10)7-1-5(11)12;/h7-10H,1-4H2,(H,11,12);1H2. The van der Waals surface area contributed by atoms with Crippen molar-refractivity contribution in [2.75, 3.05) is 26.4 Å². The molecule has 0 bridgehead atoms. The molecule has 0 aromatic carbocycles. The Kier molecular flexibility index (Phi) is 7.67. The number of carbonyl (C=O) groups is 1. The van der Waals surface area contributed by atoms with Gasteiger partial charge in [0.2, 0.25) is 0 Å². The Bertz CT molecular complexity index is 138. The van der Waals surface area contributed by atoms with Crippen molar-refractivity contribution in [3.63, 3.8) is 0 Å². The van der Waals surface area contributed by atoms with Crippen molar-refractivity contribution in [2.24, 2.45) is 0 Å². The van der Waals surface area contributed by atoms with Crippen LogP contribution in [0.2, 0.25) is 0 Å². The van der Waals surface area contributed by atoms with E-state index in [2.05, 4.69) is 5.32 Å². The maximum absolute atomic E-state index is 10.1. The average Bonchev–Trinajstić information content (AvgIpc) is 2.08. The molecule has 0 aliphatic carbocycles. The first-order valence-electron chi connectivity index (χ1n) is 3.39. The monoisotopic (exact) mass is 197 g/mol. The van der Waals surface area contributed by atoms with Gasteiger partial charge in [-0.25, -0.2) is 0 Å². The van der Waals surface area contributed by atoms with Gasteiger partial charge in [0.05, 0.1) is 31.9 Å². The second-order valence-corrected chi connectivity index (χ2v) is 2.50. The second-order valence-electron chi connectivity index (χ2n) is 2.50. The summed E-state index contributed by atoms with van der Waals surface area (Å²) in [6.07, 6.45) is 0. The highest BCUT2D eigenvalue weighted by Crippen LogP contribution is 1.99. The van der Waals surface area contributed by atoms with Gasteiger partial charge in [0, 0.05) is 0 Å². The Hall–Kier alpha value is -0.730. The first-order chi connectivity index (χ1) is 5.60. The number of hydrogen-bond donors (Lipinski definition) is 5. The van der Waals surface area contributed by atoms with Gasteiger partial charge >= 0.3 is 5.97 Å². The molecule has 0 heterocycles. The van der Waals surface area contributed by atoms with Crippen molar-refractivity contribution in [1.82, 2.24) is 5.32 Å². The van der Waals surface area contributed by atoms with Crippen molar-refractivity contribution in [3.8, 4) is 0 Å². The van der Waals surface area contributed by atoms with Gasteiger partial charge < -0.3 is 25.9 Å². The summed E-state index contributed by atoms with van der Waals surface area (Å²) in [6.45, 7) is -1.98. The van der Waals surface area contributed by atoms with E-state index in [0.29, 0.717) is 0 Å². The van der Waals surface area contributed by atoms with Crippen LogP contribution in [-0.4, -0.2) is 63.8 Å². The van der Waals surface area contributed by atoms with Crippen LogP contribution in [0.15, 0.2) is 0 Å². The van der Waals surface area contributed by atoms with Crippen LogP contribution in [0, 0.1) is 0 Å². The Morgan fingerprint density at radius 1 is 1.15 bits per heavy atom. The summed E-state index contributed by atoms with van der Waals surface area (Å²) >= 11 is 0. The zero-order valence-electron chi connectivity index (χ0n) is 7.03. The molecule has 0 atom stereocenters. The smallest absolute Gasteiger partial charge is 0.317 e. The van der Waals surface area contributed by atoms with Gasteiger partial charge in [0.1, 0.15) is 0 Å². The van der Waals surface area contributed by atoms with Crippen molar-refractivity contribution in [1.29, 1.82) is 0 Å². The Balaban J connectivity index is 0. The zero-order valence-corrected chi connectivity index (χ0v) is 7.03. The highest BCUT2D eigenvalue weighted by Gasteiger charge is 2.27. The molecular formula is C6H15NO6. The predicted molar refractivity (Wildman–Crippen MR) is 43.2 cm³/mol. The number of aliphatic carboxylic acids is 1. The highest BCUT2D eigenvalue weighted by molar-refractivity contribution is 5.69. The highest BCUT2D eigenvalue weighted by atomic mass is 16.4. The molecule has 0 unspecified atom stereocenters. The van der Waals surface area contributed by atoms with Crippen molar-refractivity contribution >= 4 is 5.97 Å². The molecule has 0 fully saturated rings. The first kappa shape index (κ1) is 14.8. The van der Waals surface area contributed by atoms with Crippen LogP contribution >= 0.6 is 0 Å². The van der Waals surface area contributed by atoms with Crippen LogP contribution in [0.4, 0.5) is 0 Å². The van der Waals surface area contributed by atoms with E-state index in [4.69, 9.17) is 20.4 Å². The summed E-state index contributed by atoms with van der Waals surface area (Å²) in [4.78, 5) is 10.1. The molecule has 13 heavy (non-hydrogen) atoms. The summed E-state index contributed by atoms with van der Waals surface area (Å²) in [5, 5.41) is 36.7. The second kappa shape index (κ2) is 6.75. The summed E-state index contributed by atoms with van der Waals surface area (Å²) in [6, 6.07) is 0. The third-order valence-electron chi connectivity index (χ3n) is 1.52. The van der Waals surface area contributed by atoms with E-state index in [1.807, 2.05) is 0 Å². The number of rotatable bonds is 6. The molecule has 7 heteroatoms. The number of carboxylic acids is 1. The topological polar surface area (TPSA) is 142 Å². The molecule has 0 radical (unpaired) electrons. The fourth-order valence-electron chi connectivity index (χ4n) is 0.581. The van der Waals surface area contributed by atoms with Gasteiger partial charge in [-0.1, -0.05) is 0 Å². The molecule has 7 nitrogen and oxygen atoms in total. The molecule has 0 saturated carbocycles. The fraction of sp³-hybridized carbons (Fsp3) is 0.833.